The molecule has 1 aliphatic heterocycles. The van der Waals surface area contributed by atoms with Crippen LogP contribution in [0.1, 0.15) is 31.0 Å². The highest BCUT2D eigenvalue weighted by Crippen LogP contribution is 2.25. The molecule has 1 heterocycles. The van der Waals surface area contributed by atoms with Gasteiger partial charge in [-0.3, -0.25) is 4.90 Å². The van der Waals surface area contributed by atoms with Crippen molar-refractivity contribution in [2.24, 2.45) is 0 Å². The quantitative estimate of drug-likeness (QED) is 0.844. The third-order valence-electron chi connectivity index (χ3n) is 4.30. The largest absolute Gasteiger partial charge is 0.437 e. The van der Waals surface area contributed by atoms with E-state index in [1.165, 1.54) is 11.1 Å². The first-order chi connectivity index (χ1) is 8.99. The minimum Gasteiger partial charge on any atom is -0.437 e. The molecule has 1 aliphatic rings. The van der Waals surface area contributed by atoms with Crippen LogP contribution in [0.4, 0.5) is 0 Å². The summed E-state index contributed by atoms with van der Waals surface area (Å²) in [7, 11) is -0.334. The van der Waals surface area contributed by atoms with Gasteiger partial charge in [0, 0.05) is 31.7 Å². The summed E-state index contributed by atoms with van der Waals surface area (Å²) >= 11 is 0. The number of nitrogens with zero attached hydrogens (tertiary/aromatic N) is 2. The molecule has 4 heteroatoms. The fraction of sp³-hybridized carbons (Fsp3) is 0.600. The van der Waals surface area contributed by atoms with Crippen LogP contribution in [0.15, 0.2) is 24.3 Å². The highest BCUT2D eigenvalue weighted by molar-refractivity contribution is 6.45. The molecule has 104 valence electrons. The third kappa shape index (κ3) is 3.38. The predicted octanol–water partition coefficient (Wildman–Crippen LogP) is 2.17. The summed E-state index contributed by atoms with van der Waals surface area (Å²) in [4.78, 5) is 4.67. The topological polar surface area (TPSA) is 26.7 Å². The van der Waals surface area contributed by atoms with Gasteiger partial charge in [-0.25, -0.2) is 0 Å². The Bertz CT molecular complexity index is 407. The number of aryl methyl sites for hydroxylation is 1. The zero-order chi connectivity index (χ0) is 14.0. The van der Waals surface area contributed by atoms with E-state index >= 15 is 0 Å². The van der Waals surface area contributed by atoms with Crippen molar-refractivity contribution in [3.8, 4) is 0 Å². The molecule has 1 N–H and O–H groups in total. The zero-order valence-corrected chi connectivity index (χ0v) is 12.5. The van der Waals surface area contributed by atoms with Gasteiger partial charge < -0.3 is 9.83 Å². The van der Waals surface area contributed by atoms with Gasteiger partial charge in [-0.1, -0.05) is 29.8 Å². The Labute approximate surface area is 117 Å². The van der Waals surface area contributed by atoms with Gasteiger partial charge >= 0.3 is 7.05 Å². The molecule has 1 aromatic rings. The SMILES string of the molecule is CB(O)N1CCN([C@@H](C)c2ccc(C)cc2)[C@@H](C)C1. The van der Waals surface area contributed by atoms with E-state index in [1.54, 1.807) is 0 Å². The maximum atomic E-state index is 9.67. The Morgan fingerprint density at radius 3 is 2.42 bits per heavy atom. The summed E-state index contributed by atoms with van der Waals surface area (Å²) in [5, 5.41) is 9.67. The normalized spacial score (nSPS) is 23.3. The minimum atomic E-state index is -0.334. The van der Waals surface area contributed by atoms with Crippen molar-refractivity contribution in [2.75, 3.05) is 19.6 Å². The van der Waals surface area contributed by atoms with Crippen LogP contribution in [0.2, 0.25) is 6.82 Å². The molecule has 19 heavy (non-hydrogen) atoms. The fourth-order valence-corrected chi connectivity index (χ4v) is 2.95. The summed E-state index contributed by atoms with van der Waals surface area (Å²) in [5.41, 5.74) is 2.69. The van der Waals surface area contributed by atoms with Crippen molar-refractivity contribution >= 4 is 7.05 Å². The lowest BCUT2D eigenvalue weighted by Crippen LogP contribution is -2.56. The molecular weight excluding hydrogens is 235 g/mol. The molecule has 0 unspecified atom stereocenters. The Morgan fingerprint density at radius 1 is 1.26 bits per heavy atom. The van der Waals surface area contributed by atoms with Crippen molar-refractivity contribution in [2.45, 2.75) is 39.7 Å². The maximum Gasteiger partial charge on any atom is 0.376 e. The van der Waals surface area contributed by atoms with Crippen LogP contribution in [0, 0.1) is 6.92 Å². The van der Waals surface area contributed by atoms with E-state index in [1.807, 2.05) is 6.82 Å². The van der Waals surface area contributed by atoms with Crippen LogP contribution in [0.5, 0.6) is 0 Å². The van der Waals surface area contributed by atoms with Gasteiger partial charge in [-0.15, -0.1) is 0 Å². The van der Waals surface area contributed by atoms with Crippen LogP contribution in [0.25, 0.3) is 0 Å². The lowest BCUT2D eigenvalue weighted by Gasteiger charge is -2.43. The smallest absolute Gasteiger partial charge is 0.376 e. The zero-order valence-electron chi connectivity index (χ0n) is 12.5. The first-order valence-corrected chi connectivity index (χ1v) is 7.23. The lowest BCUT2D eigenvalue weighted by atomic mass is 9.83. The van der Waals surface area contributed by atoms with E-state index in [9.17, 15) is 5.02 Å². The Morgan fingerprint density at radius 2 is 1.89 bits per heavy atom. The molecule has 1 saturated heterocycles. The number of benzene rings is 1. The van der Waals surface area contributed by atoms with Crippen molar-refractivity contribution in [1.29, 1.82) is 0 Å². The first kappa shape index (κ1) is 14.6. The Kier molecular flexibility index (Phi) is 4.66. The van der Waals surface area contributed by atoms with Gasteiger partial charge in [0.2, 0.25) is 0 Å². The lowest BCUT2D eigenvalue weighted by molar-refractivity contribution is 0.0830. The van der Waals surface area contributed by atoms with Crippen LogP contribution in [-0.4, -0.2) is 47.5 Å². The molecular formula is C15H25BN2O. The summed E-state index contributed by atoms with van der Waals surface area (Å²) in [5.74, 6) is 0. The van der Waals surface area contributed by atoms with E-state index in [2.05, 4.69) is 54.7 Å². The molecule has 1 aromatic carbocycles. The number of piperazine rings is 1. The van der Waals surface area contributed by atoms with Crippen LogP contribution in [-0.2, 0) is 0 Å². The van der Waals surface area contributed by atoms with E-state index < -0.39 is 0 Å². The summed E-state index contributed by atoms with van der Waals surface area (Å²) in [6.07, 6.45) is 0. The second-order valence-corrected chi connectivity index (χ2v) is 5.80. The standard InChI is InChI=1S/C15H25BN2O/c1-12-5-7-15(8-6-12)14(3)18-10-9-17(16(4)19)11-13(18)2/h5-8,13-14,19H,9-11H2,1-4H3/t13-,14-/m0/s1. The van der Waals surface area contributed by atoms with Crippen molar-refractivity contribution in [1.82, 2.24) is 9.71 Å². The van der Waals surface area contributed by atoms with Gasteiger partial charge in [0.1, 0.15) is 0 Å². The molecule has 0 aliphatic carbocycles. The maximum absolute atomic E-state index is 9.67. The van der Waals surface area contributed by atoms with Crippen molar-refractivity contribution in [3.05, 3.63) is 35.4 Å². The third-order valence-corrected chi connectivity index (χ3v) is 4.30. The first-order valence-electron chi connectivity index (χ1n) is 7.23. The van der Waals surface area contributed by atoms with Gasteiger partial charge in [-0.05, 0) is 33.2 Å². The molecule has 0 amide bonds. The van der Waals surface area contributed by atoms with Crippen LogP contribution >= 0.6 is 0 Å². The summed E-state index contributed by atoms with van der Waals surface area (Å²) < 4.78 is 0. The van der Waals surface area contributed by atoms with Crippen LogP contribution < -0.4 is 0 Å². The molecule has 2 atom stereocenters. The van der Waals surface area contributed by atoms with E-state index in [4.69, 9.17) is 0 Å². The molecule has 0 aromatic heterocycles. The average Bonchev–Trinajstić information content (AvgIpc) is 2.38. The molecule has 0 radical (unpaired) electrons. The number of hydrogen-bond donors (Lipinski definition) is 1. The Balaban J connectivity index is 2.04. The monoisotopic (exact) mass is 260 g/mol. The highest BCUT2D eigenvalue weighted by atomic mass is 16.2. The van der Waals surface area contributed by atoms with Gasteiger partial charge in [0.05, 0.1) is 0 Å². The Hall–Kier alpha value is -0.835. The average molecular weight is 260 g/mol. The van der Waals surface area contributed by atoms with Crippen molar-refractivity contribution < 1.29 is 5.02 Å². The second kappa shape index (κ2) is 6.08. The number of hydrogen-bond acceptors (Lipinski definition) is 3. The molecule has 1 fully saturated rings. The fourth-order valence-electron chi connectivity index (χ4n) is 2.95. The predicted molar refractivity (Wildman–Crippen MR) is 81.2 cm³/mol. The minimum absolute atomic E-state index is 0.334. The molecule has 0 bridgehead atoms. The highest BCUT2D eigenvalue weighted by Gasteiger charge is 2.30. The summed E-state index contributed by atoms with van der Waals surface area (Å²) in [6.45, 7) is 11.4. The van der Waals surface area contributed by atoms with Crippen LogP contribution in [0.3, 0.4) is 0 Å². The summed E-state index contributed by atoms with van der Waals surface area (Å²) in [6, 6.07) is 9.73. The van der Waals surface area contributed by atoms with E-state index in [0.29, 0.717) is 12.1 Å². The molecule has 0 saturated carbocycles. The van der Waals surface area contributed by atoms with Gasteiger partial charge in [0.15, 0.2) is 0 Å². The van der Waals surface area contributed by atoms with Crippen molar-refractivity contribution in [3.63, 3.8) is 0 Å². The van der Waals surface area contributed by atoms with Gasteiger partial charge in [0.25, 0.3) is 0 Å². The molecule has 0 spiro atoms. The second-order valence-electron chi connectivity index (χ2n) is 5.80. The van der Waals surface area contributed by atoms with Gasteiger partial charge in [-0.2, -0.15) is 0 Å². The molecule has 2 rings (SSSR count). The molecule has 3 nitrogen and oxygen atoms in total. The number of rotatable bonds is 3. The van der Waals surface area contributed by atoms with E-state index in [0.717, 1.165) is 19.6 Å². The van der Waals surface area contributed by atoms with E-state index in [-0.39, 0.29) is 7.05 Å².